The Morgan fingerprint density at radius 2 is 1.68 bits per heavy atom. The second-order valence-electron chi connectivity index (χ2n) is 7.36. The zero-order valence-corrected chi connectivity index (χ0v) is 13.8. The van der Waals surface area contributed by atoms with Crippen molar-refractivity contribution in [1.82, 2.24) is 0 Å². The zero-order chi connectivity index (χ0) is 15.8. The van der Waals surface area contributed by atoms with Crippen LogP contribution in [-0.4, -0.2) is 11.6 Å². The van der Waals surface area contributed by atoms with Crippen molar-refractivity contribution in [2.75, 3.05) is 0 Å². The highest BCUT2D eigenvalue weighted by Gasteiger charge is 2.53. The van der Waals surface area contributed by atoms with Crippen LogP contribution < -0.4 is 0 Å². The molecule has 0 amide bonds. The highest BCUT2D eigenvalue weighted by molar-refractivity contribution is 5.87. The van der Waals surface area contributed by atoms with Crippen molar-refractivity contribution < 1.29 is 9.53 Å². The lowest BCUT2D eigenvalue weighted by molar-refractivity contribution is -0.176. The van der Waals surface area contributed by atoms with Gasteiger partial charge in [-0.2, -0.15) is 0 Å². The third kappa shape index (κ3) is 2.49. The van der Waals surface area contributed by atoms with Crippen molar-refractivity contribution in [3.8, 4) is 0 Å². The van der Waals surface area contributed by atoms with E-state index in [4.69, 9.17) is 4.74 Å². The third-order valence-electron chi connectivity index (χ3n) is 5.77. The molecule has 1 unspecified atom stereocenters. The van der Waals surface area contributed by atoms with E-state index in [-0.39, 0.29) is 11.4 Å². The molecule has 2 aliphatic carbocycles. The minimum Gasteiger partial charge on any atom is -0.455 e. The molecule has 22 heavy (non-hydrogen) atoms. The normalized spacial score (nSPS) is 26.3. The van der Waals surface area contributed by atoms with E-state index in [2.05, 4.69) is 37.8 Å². The van der Waals surface area contributed by atoms with Gasteiger partial charge in [-0.1, -0.05) is 50.1 Å². The number of rotatable bonds is 2. The molecule has 0 aliphatic heterocycles. The SMILES string of the molecule is C=C(C)C(=O)OC1(C)Cc2ccccc2CC12CCCCC2. The maximum Gasteiger partial charge on any atom is 0.333 e. The molecule has 1 fully saturated rings. The standard InChI is InChI=1S/C20H26O2/c1-15(2)18(21)22-19(3)13-16-9-5-6-10-17(16)14-20(19)11-7-4-8-12-20/h5-6,9-10H,1,4,7-8,11-14H2,2-3H3. The molecule has 0 aromatic heterocycles. The average molecular weight is 298 g/mol. The molecule has 0 saturated heterocycles. The van der Waals surface area contributed by atoms with E-state index in [1.54, 1.807) is 6.92 Å². The Morgan fingerprint density at radius 3 is 2.27 bits per heavy atom. The predicted molar refractivity (Wildman–Crippen MR) is 88.7 cm³/mol. The van der Waals surface area contributed by atoms with E-state index in [9.17, 15) is 4.79 Å². The molecule has 0 radical (unpaired) electrons. The molecule has 1 spiro atoms. The number of carbonyl (C=O) groups is 1. The Hall–Kier alpha value is -1.57. The van der Waals surface area contributed by atoms with Gasteiger partial charge in [0.2, 0.25) is 0 Å². The fraction of sp³-hybridized carbons (Fsp3) is 0.550. The largest absolute Gasteiger partial charge is 0.455 e. The van der Waals surface area contributed by atoms with Crippen LogP contribution in [0.1, 0.15) is 57.1 Å². The molecule has 1 saturated carbocycles. The molecular formula is C20H26O2. The van der Waals surface area contributed by atoms with E-state index in [1.165, 1.54) is 30.4 Å². The van der Waals surface area contributed by atoms with Crippen molar-refractivity contribution in [3.63, 3.8) is 0 Å². The highest BCUT2D eigenvalue weighted by Crippen LogP contribution is 2.53. The number of esters is 1. The molecule has 118 valence electrons. The molecule has 0 bridgehead atoms. The molecule has 0 N–H and O–H groups in total. The summed E-state index contributed by atoms with van der Waals surface area (Å²) in [5.41, 5.74) is 2.93. The number of carbonyl (C=O) groups excluding carboxylic acids is 1. The van der Waals surface area contributed by atoms with Gasteiger partial charge in [0.25, 0.3) is 0 Å². The first-order valence-electron chi connectivity index (χ1n) is 8.41. The van der Waals surface area contributed by atoms with Gasteiger partial charge in [-0.3, -0.25) is 0 Å². The molecule has 3 rings (SSSR count). The van der Waals surface area contributed by atoms with Gasteiger partial charge in [-0.25, -0.2) is 4.79 Å². The van der Waals surface area contributed by atoms with E-state index < -0.39 is 5.60 Å². The van der Waals surface area contributed by atoms with Gasteiger partial charge < -0.3 is 4.74 Å². The van der Waals surface area contributed by atoms with Crippen LogP contribution in [0.2, 0.25) is 0 Å². The summed E-state index contributed by atoms with van der Waals surface area (Å²) in [6.45, 7) is 7.64. The molecule has 1 aromatic rings. The van der Waals surface area contributed by atoms with Crippen molar-refractivity contribution >= 4 is 5.97 Å². The summed E-state index contributed by atoms with van der Waals surface area (Å²) in [7, 11) is 0. The number of benzene rings is 1. The van der Waals surface area contributed by atoms with Crippen molar-refractivity contribution in [2.24, 2.45) is 5.41 Å². The summed E-state index contributed by atoms with van der Waals surface area (Å²) in [5, 5.41) is 0. The van der Waals surface area contributed by atoms with Crippen molar-refractivity contribution in [1.29, 1.82) is 0 Å². The van der Waals surface area contributed by atoms with E-state index >= 15 is 0 Å². The van der Waals surface area contributed by atoms with Crippen LogP contribution in [0.3, 0.4) is 0 Å². The van der Waals surface area contributed by atoms with Crippen molar-refractivity contribution in [3.05, 3.63) is 47.5 Å². The van der Waals surface area contributed by atoms with Crippen LogP contribution in [0.5, 0.6) is 0 Å². The quantitative estimate of drug-likeness (QED) is 0.588. The molecule has 1 aromatic carbocycles. The van der Waals surface area contributed by atoms with Crippen molar-refractivity contribution in [2.45, 2.75) is 64.4 Å². The molecule has 2 heteroatoms. The zero-order valence-electron chi connectivity index (χ0n) is 13.8. The smallest absolute Gasteiger partial charge is 0.333 e. The monoisotopic (exact) mass is 298 g/mol. The van der Waals surface area contributed by atoms with Crippen LogP contribution in [0.4, 0.5) is 0 Å². The number of fused-ring (bicyclic) bond motifs is 1. The maximum atomic E-state index is 12.2. The minimum atomic E-state index is -0.419. The summed E-state index contributed by atoms with van der Waals surface area (Å²) >= 11 is 0. The van der Waals surface area contributed by atoms with Gasteiger partial charge in [-0.15, -0.1) is 0 Å². The second kappa shape index (κ2) is 5.57. The third-order valence-corrected chi connectivity index (χ3v) is 5.77. The summed E-state index contributed by atoms with van der Waals surface area (Å²) in [5.74, 6) is -0.244. The van der Waals surface area contributed by atoms with Gasteiger partial charge in [0.05, 0.1) is 0 Å². The number of hydrogen-bond donors (Lipinski definition) is 0. The van der Waals surface area contributed by atoms with Crippen LogP contribution in [0, 0.1) is 5.41 Å². The molecule has 2 nitrogen and oxygen atoms in total. The Bertz CT molecular complexity index is 595. The van der Waals surface area contributed by atoms with Gasteiger partial charge in [0, 0.05) is 17.4 Å². The molecule has 2 aliphatic rings. The fourth-order valence-electron chi connectivity index (χ4n) is 4.38. The molecular weight excluding hydrogens is 272 g/mol. The predicted octanol–water partition coefficient (Wildman–Crippen LogP) is 4.61. The van der Waals surface area contributed by atoms with Gasteiger partial charge in [0.15, 0.2) is 0 Å². The lowest BCUT2D eigenvalue weighted by Gasteiger charge is -2.53. The van der Waals surface area contributed by atoms with Crippen LogP contribution in [0.25, 0.3) is 0 Å². The molecule has 0 heterocycles. The first kappa shape index (κ1) is 15.3. The summed E-state index contributed by atoms with van der Waals surface area (Å²) in [6.07, 6.45) is 7.94. The average Bonchev–Trinajstić information content (AvgIpc) is 2.49. The molecule has 1 atom stereocenters. The van der Waals surface area contributed by atoms with E-state index in [0.29, 0.717) is 5.57 Å². The fourth-order valence-corrected chi connectivity index (χ4v) is 4.38. The summed E-state index contributed by atoms with van der Waals surface area (Å²) in [4.78, 5) is 12.2. The first-order valence-corrected chi connectivity index (χ1v) is 8.41. The number of ether oxygens (including phenoxy) is 1. The lowest BCUT2D eigenvalue weighted by Crippen LogP contribution is -2.55. The van der Waals surface area contributed by atoms with Gasteiger partial charge >= 0.3 is 5.97 Å². The number of hydrogen-bond acceptors (Lipinski definition) is 2. The van der Waals surface area contributed by atoms with Gasteiger partial charge in [0.1, 0.15) is 5.60 Å². The highest BCUT2D eigenvalue weighted by atomic mass is 16.6. The van der Waals surface area contributed by atoms with E-state index in [1.807, 2.05) is 0 Å². The Kier molecular flexibility index (Phi) is 3.88. The van der Waals surface area contributed by atoms with Crippen LogP contribution >= 0.6 is 0 Å². The van der Waals surface area contributed by atoms with E-state index in [0.717, 1.165) is 25.7 Å². The lowest BCUT2D eigenvalue weighted by atomic mass is 9.56. The first-order chi connectivity index (χ1) is 10.5. The Labute approximate surface area is 133 Å². The second-order valence-corrected chi connectivity index (χ2v) is 7.36. The van der Waals surface area contributed by atoms with Crippen LogP contribution in [-0.2, 0) is 22.4 Å². The minimum absolute atomic E-state index is 0.0880. The summed E-state index contributed by atoms with van der Waals surface area (Å²) < 4.78 is 6.05. The van der Waals surface area contributed by atoms with Crippen LogP contribution in [0.15, 0.2) is 36.4 Å². The topological polar surface area (TPSA) is 26.3 Å². The Morgan fingerprint density at radius 1 is 1.09 bits per heavy atom. The Balaban J connectivity index is 2.00. The van der Waals surface area contributed by atoms with Gasteiger partial charge in [-0.05, 0) is 44.2 Å². The summed E-state index contributed by atoms with van der Waals surface area (Å²) in [6, 6.07) is 8.63. The maximum absolute atomic E-state index is 12.2.